The summed E-state index contributed by atoms with van der Waals surface area (Å²) in [7, 11) is 3.46. The van der Waals surface area contributed by atoms with Crippen LogP contribution >= 0.6 is 24.0 Å². The minimum atomic E-state index is 0. The van der Waals surface area contributed by atoms with Crippen LogP contribution in [0.3, 0.4) is 0 Å². The summed E-state index contributed by atoms with van der Waals surface area (Å²) in [6.45, 7) is 6.51. The van der Waals surface area contributed by atoms with E-state index < -0.39 is 0 Å². The highest BCUT2D eigenvalue weighted by molar-refractivity contribution is 14.0. The molecule has 1 heterocycles. The molecule has 1 aromatic carbocycles. The lowest BCUT2D eigenvalue weighted by molar-refractivity contribution is 0.409. The number of ether oxygens (including phenoxy) is 1. The molecule has 0 aliphatic rings. The fourth-order valence-corrected chi connectivity index (χ4v) is 2.59. The van der Waals surface area contributed by atoms with E-state index in [1.54, 1.807) is 14.2 Å². The van der Waals surface area contributed by atoms with E-state index in [1.807, 2.05) is 35.9 Å². The average Bonchev–Trinajstić information content (AvgIpc) is 2.92. The Bertz CT molecular complexity index is 684. The summed E-state index contributed by atoms with van der Waals surface area (Å²) in [6.07, 6.45) is 0.983. The highest BCUT2D eigenvalue weighted by Crippen LogP contribution is 2.16. The van der Waals surface area contributed by atoms with Crippen LogP contribution in [-0.2, 0) is 13.1 Å². The maximum Gasteiger partial charge on any atom is 0.191 e. The molecule has 0 aliphatic carbocycles. The quantitative estimate of drug-likeness (QED) is 0.291. The fourth-order valence-electron chi connectivity index (χ4n) is 2.59. The van der Waals surface area contributed by atoms with E-state index in [0.29, 0.717) is 6.54 Å². The number of aromatic nitrogens is 2. The van der Waals surface area contributed by atoms with Crippen LogP contribution in [0, 0.1) is 13.8 Å². The van der Waals surface area contributed by atoms with Gasteiger partial charge in [0.1, 0.15) is 5.75 Å². The zero-order valence-electron chi connectivity index (χ0n) is 15.4. The van der Waals surface area contributed by atoms with Gasteiger partial charge in [-0.25, -0.2) is 0 Å². The highest BCUT2D eigenvalue weighted by Gasteiger charge is 2.04. The van der Waals surface area contributed by atoms with Gasteiger partial charge in [-0.3, -0.25) is 9.67 Å². The molecule has 0 fully saturated rings. The van der Waals surface area contributed by atoms with Crippen molar-refractivity contribution in [1.82, 2.24) is 20.4 Å². The lowest BCUT2D eigenvalue weighted by atomic mass is 10.2. The number of halogens is 1. The van der Waals surface area contributed by atoms with Gasteiger partial charge in [-0.05, 0) is 32.4 Å². The van der Waals surface area contributed by atoms with E-state index in [4.69, 9.17) is 4.74 Å². The number of aliphatic imine (C=N–C) groups is 1. The van der Waals surface area contributed by atoms with E-state index in [2.05, 4.69) is 33.7 Å². The minimum Gasteiger partial charge on any atom is -0.496 e. The van der Waals surface area contributed by atoms with Gasteiger partial charge in [0.05, 0.1) is 12.8 Å². The smallest absolute Gasteiger partial charge is 0.191 e. The maximum atomic E-state index is 5.36. The topological polar surface area (TPSA) is 63.5 Å². The van der Waals surface area contributed by atoms with Gasteiger partial charge in [0.25, 0.3) is 0 Å². The summed E-state index contributed by atoms with van der Waals surface area (Å²) in [6, 6.07) is 10.1. The summed E-state index contributed by atoms with van der Waals surface area (Å²) < 4.78 is 7.41. The zero-order valence-corrected chi connectivity index (χ0v) is 17.7. The Balaban J connectivity index is 0.00000312. The summed E-state index contributed by atoms with van der Waals surface area (Å²) in [5.74, 6) is 1.67. The number of nitrogens with one attached hydrogen (secondary N) is 2. The fraction of sp³-hybridized carbons (Fsp3) is 0.444. The SMILES string of the molecule is CN=C(NCCCn1nc(C)cc1C)NCc1ccccc1OC.I. The van der Waals surface area contributed by atoms with Crippen molar-refractivity contribution in [3.05, 3.63) is 47.3 Å². The molecule has 25 heavy (non-hydrogen) atoms. The van der Waals surface area contributed by atoms with Crippen LogP contribution < -0.4 is 15.4 Å². The monoisotopic (exact) mass is 457 g/mol. The number of methoxy groups -OCH3 is 1. The van der Waals surface area contributed by atoms with E-state index in [-0.39, 0.29) is 24.0 Å². The van der Waals surface area contributed by atoms with Gasteiger partial charge >= 0.3 is 0 Å². The zero-order chi connectivity index (χ0) is 17.4. The van der Waals surface area contributed by atoms with Crippen LogP contribution in [0.15, 0.2) is 35.3 Å². The first-order valence-electron chi connectivity index (χ1n) is 8.21. The molecular formula is C18H28IN5O. The molecule has 0 unspecified atom stereocenters. The van der Waals surface area contributed by atoms with Gasteiger partial charge in [-0.2, -0.15) is 5.10 Å². The number of hydrogen-bond acceptors (Lipinski definition) is 3. The van der Waals surface area contributed by atoms with Crippen molar-refractivity contribution in [1.29, 1.82) is 0 Å². The molecule has 0 spiro atoms. The second kappa shape index (κ2) is 11.0. The first-order chi connectivity index (χ1) is 11.6. The van der Waals surface area contributed by atoms with Crippen LogP contribution in [0.2, 0.25) is 0 Å². The molecule has 0 radical (unpaired) electrons. The van der Waals surface area contributed by atoms with Gasteiger partial charge < -0.3 is 15.4 Å². The molecule has 2 aromatic rings. The Morgan fingerprint density at radius 1 is 1.24 bits per heavy atom. The summed E-state index contributed by atoms with van der Waals surface area (Å²) in [5.41, 5.74) is 3.37. The Hall–Kier alpha value is -1.77. The van der Waals surface area contributed by atoms with Crippen LogP contribution in [-0.4, -0.2) is 36.4 Å². The predicted molar refractivity (Wildman–Crippen MR) is 113 cm³/mol. The van der Waals surface area contributed by atoms with Crippen molar-refractivity contribution in [3.8, 4) is 5.75 Å². The van der Waals surface area contributed by atoms with E-state index in [0.717, 1.165) is 42.5 Å². The second-order valence-corrected chi connectivity index (χ2v) is 5.67. The molecule has 7 heteroatoms. The van der Waals surface area contributed by atoms with Crippen LogP contribution in [0.25, 0.3) is 0 Å². The van der Waals surface area contributed by atoms with Crippen molar-refractivity contribution in [2.75, 3.05) is 20.7 Å². The van der Waals surface area contributed by atoms with Crippen molar-refractivity contribution in [2.24, 2.45) is 4.99 Å². The predicted octanol–water partition coefficient (Wildman–Crippen LogP) is 2.88. The molecule has 138 valence electrons. The Morgan fingerprint density at radius 2 is 2.00 bits per heavy atom. The molecule has 2 N–H and O–H groups in total. The molecule has 0 aliphatic heterocycles. The van der Waals surface area contributed by atoms with E-state index in [9.17, 15) is 0 Å². The third kappa shape index (κ3) is 6.56. The van der Waals surface area contributed by atoms with Gasteiger partial charge in [0, 0.05) is 37.9 Å². The third-order valence-electron chi connectivity index (χ3n) is 3.80. The molecule has 0 saturated heterocycles. The molecule has 6 nitrogen and oxygen atoms in total. The van der Waals surface area contributed by atoms with Crippen molar-refractivity contribution < 1.29 is 4.74 Å². The number of benzene rings is 1. The van der Waals surface area contributed by atoms with Crippen LogP contribution in [0.1, 0.15) is 23.4 Å². The van der Waals surface area contributed by atoms with Crippen molar-refractivity contribution in [3.63, 3.8) is 0 Å². The first kappa shape index (κ1) is 21.3. The van der Waals surface area contributed by atoms with E-state index in [1.165, 1.54) is 5.69 Å². The second-order valence-electron chi connectivity index (χ2n) is 5.67. The van der Waals surface area contributed by atoms with Gasteiger partial charge in [0.15, 0.2) is 5.96 Å². The lowest BCUT2D eigenvalue weighted by Gasteiger charge is -2.14. The summed E-state index contributed by atoms with van der Waals surface area (Å²) >= 11 is 0. The Morgan fingerprint density at radius 3 is 2.64 bits per heavy atom. The third-order valence-corrected chi connectivity index (χ3v) is 3.80. The first-order valence-corrected chi connectivity index (χ1v) is 8.21. The highest BCUT2D eigenvalue weighted by atomic mass is 127. The largest absolute Gasteiger partial charge is 0.496 e. The normalized spacial score (nSPS) is 11.0. The molecule has 0 amide bonds. The Labute approximate surface area is 167 Å². The molecule has 0 saturated carbocycles. The number of hydrogen-bond donors (Lipinski definition) is 2. The molecular weight excluding hydrogens is 429 g/mol. The molecule has 0 bridgehead atoms. The molecule has 1 aromatic heterocycles. The van der Waals surface area contributed by atoms with Gasteiger partial charge in [0.2, 0.25) is 0 Å². The van der Waals surface area contributed by atoms with E-state index >= 15 is 0 Å². The standard InChI is InChI=1S/C18H27N5O.HI/c1-14-12-15(2)23(22-14)11-7-10-20-18(19-3)21-13-16-8-5-6-9-17(16)24-4;/h5-6,8-9,12H,7,10-11,13H2,1-4H3,(H2,19,20,21);1H. The Kier molecular flexibility index (Phi) is 9.33. The van der Waals surface area contributed by atoms with Gasteiger partial charge in [-0.1, -0.05) is 18.2 Å². The molecule has 2 rings (SSSR count). The maximum absolute atomic E-state index is 5.36. The minimum absolute atomic E-state index is 0. The van der Waals surface area contributed by atoms with Crippen LogP contribution in [0.4, 0.5) is 0 Å². The number of rotatable bonds is 7. The van der Waals surface area contributed by atoms with Crippen LogP contribution in [0.5, 0.6) is 5.75 Å². The number of para-hydroxylation sites is 1. The van der Waals surface area contributed by atoms with Crippen molar-refractivity contribution in [2.45, 2.75) is 33.4 Å². The summed E-state index contributed by atoms with van der Waals surface area (Å²) in [5, 5.41) is 11.1. The molecule has 0 atom stereocenters. The average molecular weight is 457 g/mol. The van der Waals surface area contributed by atoms with Crippen molar-refractivity contribution >= 4 is 29.9 Å². The number of nitrogens with zero attached hydrogens (tertiary/aromatic N) is 3. The summed E-state index contributed by atoms with van der Waals surface area (Å²) in [4.78, 5) is 4.26. The number of guanidine groups is 1. The lowest BCUT2D eigenvalue weighted by Crippen LogP contribution is -2.37. The van der Waals surface area contributed by atoms with Gasteiger partial charge in [-0.15, -0.1) is 24.0 Å². The number of aryl methyl sites for hydroxylation is 3.